The molecule has 0 heterocycles. The first-order valence-corrected chi connectivity index (χ1v) is 5.43. The number of carboxylic acids is 1. The fourth-order valence-electron chi connectivity index (χ4n) is 1.73. The summed E-state index contributed by atoms with van der Waals surface area (Å²) < 4.78 is 10.2. The second kappa shape index (κ2) is 6.05. The number of carbonyl (C=O) groups is 2. The van der Waals surface area contributed by atoms with Gasteiger partial charge in [-0.25, -0.2) is 0 Å². The van der Waals surface area contributed by atoms with E-state index < -0.39 is 11.9 Å². The summed E-state index contributed by atoms with van der Waals surface area (Å²) in [5.74, 6) is -1.21. The van der Waals surface area contributed by atoms with E-state index in [4.69, 9.17) is 9.47 Å². The smallest absolute Gasteiger partial charge is 0.311 e. The Hall–Kier alpha value is -2.04. The average Bonchev–Trinajstić information content (AvgIpc) is 2.34. The van der Waals surface area contributed by atoms with Gasteiger partial charge in [-0.3, -0.25) is 9.59 Å². The van der Waals surface area contributed by atoms with Crippen molar-refractivity contribution in [1.29, 1.82) is 0 Å². The van der Waals surface area contributed by atoms with Crippen molar-refractivity contribution >= 4 is 11.8 Å². The molecular formula is C13H16O5. The summed E-state index contributed by atoms with van der Waals surface area (Å²) in [5.41, 5.74) is 0.444. The highest BCUT2D eigenvalue weighted by Crippen LogP contribution is 2.32. The fraction of sp³-hybridized carbons (Fsp3) is 0.385. The minimum absolute atomic E-state index is 0.0706. The number of hydrogen-bond acceptors (Lipinski definition) is 4. The molecule has 0 aliphatic heterocycles. The Morgan fingerprint density at radius 3 is 2.39 bits per heavy atom. The van der Waals surface area contributed by atoms with Crippen molar-refractivity contribution in [3.63, 3.8) is 0 Å². The lowest BCUT2D eigenvalue weighted by atomic mass is 9.93. The van der Waals surface area contributed by atoms with Gasteiger partial charge in [0.15, 0.2) is 0 Å². The van der Waals surface area contributed by atoms with Crippen molar-refractivity contribution < 1.29 is 24.2 Å². The van der Waals surface area contributed by atoms with E-state index in [1.165, 1.54) is 21.1 Å². The molecule has 0 saturated heterocycles. The topological polar surface area (TPSA) is 72.8 Å². The van der Waals surface area contributed by atoms with Crippen LogP contribution in [0, 0.1) is 0 Å². The van der Waals surface area contributed by atoms with Crippen LogP contribution in [0.5, 0.6) is 11.5 Å². The number of aliphatic carboxylic acids is 1. The monoisotopic (exact) mass is 252 g/mol. The molecule has 98 valence electrons. The summed E-state index contributed by atoms with van der Waals surface area (Å²) in [4.78, 5) is 22.4. The van der Waals surface area contributed by atoms with Crippen LogP contribution in [0.25, 0.3) is 0 Å². The van der Waals surface area contributed by atoms with Crippen molar-refractivity contribution in [3.05, 3.63) is 23.8 Å². The van der Waals surface area contributed by atoms with Crippen molar-refractivity contribution in [2.24, 2.45) is 0 Å². The van der Waals surface area contributed by atoms with Gasteiger partial charge in [0.2, 0.25) is 0 Å². The van der Waals surface area contributed by atoms with Crippen molar-refractivity contribution in [3.8, 4) is 11.5 Å². The Morgan fingerprint density at radius 1 is 1.28 bits per heavy atom. The van der Waals surface area contributed by atoms with E-state index >= 15 is 0 Å². The van der Waals surface area contributed by atoms with Crippen molar-refractivity contribution in [2.45, 2.75) is 19.3 Å². The van der Waals surface area contributed by atoms with Crippen LogP contribution in [0.4, 0.5) is 0 Å². The van der Waals surface area contributed by atoms with Gasteiger partial charge in [-0.05, 0) is 25.1 Å². The number of hydrogen-bond donors (Lipinski definition) is 1. The molecule has 1 unspecified atom stereocenters. The summed E-state index contributed by atoms with van der Waals surface area (Å²) in [7, 11) is 2.95. The molecule has 1 N–H and O–H groups in total. The van der Waals surface area contributed by atoms with Gasteiger partial charge < -0.3 is 14.6 Å². The zero-order chi connectivity index (χ0) is 13.7. The van der Waals surface area contributed by atoms with Crippen LogP contribution in [0.1, 0.15) is 24.8 Å². The van der Waals surface area contributed by atoms with E-state index in [0.29, 0.717) is 17.1 Å². The molecule has 0 saturated carbocycles. The van der Waals surface area contributed by atoms with Crippen LogP contribution in [0.2, 0.25) is 0 Å². The molecule has 18 heavy (non-hydrogen) atoms. The van der Waals surface area contributed by atoms with Crippen LogP contribution in [0.3, 0.4) is 0 Å². The van der Waals surface area contributed by atoms with Crippen LogP contribution in [-0.2, 0) is 9.59 Å². The highest BCUT2D eigenvalue weighted by molar-refractivity contribution is 5.86. The summed E-state index contributed by atoms with van der Waals surface area (Å²) in [5, 5.41) is 9.21. The first-order chi connectivity index (χ1) is 8.49. The zero-order valence-electron chi connectivity index (χ0n) is 10.6. The molecule has 1 atom stereocenters. The van der Waals surface area contributed by atoms with E-state index in [2.05, 4.69) is 0 Å². The van der Waals surface area contributed by atoms with Gasteiger partial charge in [0.25, 0.3) is 0 Å². The number of carboxylic acid groups (broad SMARTS) is 1. The molecule has 0 amide bonds. The van der Waals surface area contributed by atoms with E-state index in [1.807, 2.05) is 0 Å². The SMILES string of the molecule is COc1ccc(OC)c(C(CC(C)=O)C(=O)O)c1. The largest absolute Gasteiger partial charge is 0.497 e. The van der Waals surface area contributed by atoms with Crippen LogP contribution >= 0.6 is 0 Å². The number of rotatable bonds is 6. The fourth-order valence-corrected chi connectivity index (χ4v) is 1.73. The molecule has 0 radical (unpaired) electrons. The summed E-state index contributed by atoms with van der Waals surface area (Å²) in [6, 6.07) is 4.89. The van der Waals surface area contributed by atoms with Crippen LogP contribution in [0.15, 0.2) is 18.2 Å². The van der Waals surface area contributed by atoms with Crippen LogP contribution < -0.4 is 9.47 Å². The molecule has 0 aromatic heterocycles. The van der Waals surface area contributed by atoms with Gasteiger partial charge in [-0.2, -0.15) is 0 Å². The van der Waals surface area contributed by atoms with Gasteiger partial charge in [-0.1, -0.05) is 0 Å². The van der Waals surface area contributed by atoms with E-state index in [-0.39, 0.29) is 12.2 Å². The molecule has 1 aromatic rings. The summed E-state index contributed by atoms with van der Waals surface area (Å²) in [6.07, 6.45) is -0.0706. The lowest BCUT2D eigenvalue weighted by Gasteiger charge is -2.16. The van der Waals surface area contributed by atoms with Gasteiger partial charge in [-0.15, -0.1) is 0 Å². The van der Waals surface area contributed by atoms with Crippen molar-refractivity contribution in [2.75, 3.05) is 14.2 Å². The maximum atomic E-state index is 11.3. The Morgan fingerprint density at radius 2 is 1.94 bits per heavy atom. The van der Waals surface area contributed by atoms with Crippen LogP contribution in [-0.4, -0.2) is 31.1 Å². The maximum Gasteiger partial charge on any atom is 0.311 e. The Bertz CT molecular complexity index is 453. The van der Waals surface area contributed by atoms with E-state index in [0.717, 1.165) is 0 Å². The standard InChI is InChI=1S/C13H16O5/c1-8(14)6-11(13(15)16)10-7-9(17-2)4-5-12(10)18-3/h4-5,7,11H,6H2,1-3H3,(H,15,16). The lowest BCUT2D eigenvalue weighted by molar-refractivity contribution is -0.140. The number of carbonyl (C=O) groups excluding carboxylic acids is 1. The number of benzene rings is 1. The predicted molar refractivity (Wildman–Crippen MR) is 65.2 cm³/mol. The molecule has 0 bridgehead atoms. The number of Topliss-reactive ketones (excluding diaryl/α,β-unsaturated/α-hetero) is 1. The number of methoxy groups -OCH3 is 2. The molecule has 0 fully saturated rings. The molecule has 0 spiro atoms. The average molecular weight is 252 g/mol. The minimum Gasteiger partial charge on any atom is -0.497 e. The first kappa shape index (κ1) is 14.0. The lowest BCUT2D eigenvalue weighted by Crippen LogP contribution is -2.15. The van der Waals surface area contributed by atoms with E-state index in [9.17, 15) is 14.7 Å². The Kier molecular flexibility index (Phi) is 4.71. The molecule has 0 aliphatic carbocycles. The minimum atomic E-state index is -1.06. The molecule has 1 aromatic carbocycles. The molecule has 5 heteroatoms. The zero-order valence-corrected chi connectivity index (χ0v) is 10.6. The normalized spacial score (nSPS) is 11.7. The summed E-state index contributed by atoms with van der Waals surface area (Å²) in [6.45, 7) is 1.36. The molecule has 0 aliphatic rings. The third-order valence-corrected chi connectivity index (χ3v) is 2.60. The van der Waals surface area contributed by atoms with Gasteiger partial charge in [0.05, 0.1) is 20.1 Å². The third-order valence-electron chi connectivity index (χ3n) is 2.60. The maximum absolute atomic E-state index is 11.3. The Labute approximate surface area is 105 Å². The highest BCUT2D eigenvalue weighted by atomic mass is 16.5. The highest BCUT2D eigenvalue weighted by Gasteiger charge is 2.25. The number of ether oxygens (including phenoxy) is 2. The van der Waals surface area contributed by atoms with Gasteiger partial charge in [0, 0.05) is 12.0 Å². The molecule has 5 nitrogen and oxygen atoms in total. The van der Waals surface area contributed by atoms with E-state index in [1.54, 1.807) is 18.2 Å². The summed E-state index contributed by atoms with van der Waals surface area (Å²) >= 11 is 0. The quantitative estimate of drug-likeness (QED) is 0.836. The third kappa shape index (κ3) is 3.23. The van der Waals surface area contributed by atoms with Gasteiger partial charge in [0.1, 0.15) is 17.3 Å². The van der Waals surface area contributed by atoms with Crippen molar-refractivity contribution in [1.82, 2.24) is 0 Å². The molecular weight excluding hydrogens is 236 g/mol. The second-order valence-corrected chi connectivity index (χ2v) is 3.90. The predicted octanol–water partition coefficient (Wildman–Crippen LogP) is 1.85. The number of ketones is 1. The second-order valence-electron chi connectivity index (χ2n) is 3.90. The van der Waals surface area contributed by atoms with Gasteiger partial charge >= 0.3 is 5.97 Å². The Balaban J connectivity index is 3.23. The molecule has 1 rings (SSSR count). The first-order valence-electron chi connectivity index (χ1n) is 5.43.